The Morgan fingerprint density at radius 3 is 2.73 bits per heavy atom. The average Bonchev–Trinajstić information content (AvgIpc) is 2.94. The molecule has 4 nitrogen and oxygen atoms in total. The van der Waals surface area contributed by atoms with Gasteiger partial charge in [-0.1, -0.05) is 24.6 Å². The molecule has 0 radical (unpaired) electrons. The fourth-order valence-electron chi connectivity index (χ4n) is 3.74. The SMILES string of the molecule is CN(Cc1ccccc1N1CCOCC1)CC1CCCC1O. The highest BCUT2D eigenvalue weighted by Gasteiger charge is 2.26. The second kappa shape index (κ2) is 7.44. The highest BCUT2D eigenvalue weighted by molar-refractivity contribution is 5.53. The monoisotopic (exact) mass is 304 g/mol. The van der Waals surface area contributed by atoms with Crippen LogP contribution in [0.4, 0.5) is 5.69 Å². The van der Waals surface area contributed by atoms with E-state index in [2.05, 4.69) is 41.1 Å². The van der Waals surface area contributed by atoms with Gasteiger partial charge in [-0.2, -0.15) is 0 Å². The molecule has 0 aromatic heterocycles. The molecule has 1 aromatic carbocycles. The van der Waals surface area contributed by atoms with Crippen LogP contribution >= 0.6 is 0 Å². The van der Waals surface area contributed by atoms with Gasteiger partial charge in [-0.3, -0.25) is 0 Å². The lowest BCUT2D eigenvalue weighted by Gasteiger charge is -2.32. The molecule has 1 aliphatic heterocycles. The second-order valence-electron chi connectivity index (χ2n) is 6.68. The Labute approximate surface area is 133 Å². The zero-order chi connectivity index (χ0) is 15.4. The van der Waals surface area contributed by atoms with Crippen LogP contribution in [0.2, 0.25) is 0 Å². The number of aliphatic hydroxyl groups excluding tert-OH is 1. The molecule has 0 amide bonds. The summed E-state index contributed by atoms with van der Waals surface area (Å²) in [5, 5.41) is 10.0. The standard InChI is InChI=1S/C18H28N2O2/c1-19(14-16-6-4-8-18(16)21)13-15-5-2-3-7-17(15)20-9-11-22-12-10-20/h2-3,5,7,16,18,21H,4,6,8-14H2,1H3. The van der Waals surface area contributed by atoms with E-state index in [0.717, 1.165) is 52.2 Å². The lowest BCUT2D eigenvalue weighted by atomic mass is 10.0. The van der Waals surface area contributed by atoms with Crippen molar-refractivity contribution in [2.45, 2.75) is 31.9 Å². The molecule has 3 rings (SSSR count). The summed E-state index contributed by atoms with van der Waals surface area (Å²) in [5.74, 6) is 0.445. The van der Waals surface area contributed by atoms with E-state index in [4.69, 9.17) is 4.74 Å². The normalized spacial score (nSPS) is 25.9. The molecule has 1 saturated carbocycles. The van der Waals surface area contributed by atoms with E-state index in [1.807, 2.05) is 0 Å². The van der Waals surface area contributed by atoms with Gasteiger partial charge in [-0.25, -0.2) is 0 Å². The molecule has 4 heteroatoms. The largest absolute Gasteiger partial charge is 0.393 e. The number of morpholine rings is 1. The Bertz CT molecular complexity index is 474. The van der Waals surface area contributed by atoms with Gasteiger partial charge in [0.25, 0.3) is 0 Å². The summed E-state index contributed by atoms with van der Waals surface area (Å²) in [5.41, 5.74) is 2.71. The predicted octanol–water partition coefficient (Wildman–Crippen LogP) is 2.12. The van der Waals surface area contributed by atoms with E-state index in [9.17, 15) is 5.11 Å². The molecule has 22 heavy (non-hydrogen) atoms. The third kappa shape index (κ3) is 3.80. The van der Waals surface area contributed by atoms with Crippen LogP contribution in [0.15, 0.2) is 24.3 Å². The molecule has 0 bridgehead atoms. The van der Waals surface area contributed by atoms with Crippen molar-refractivity contribution < 1.29 is 9.84 Å². The number of para-hydroxylation sites is 1. The van der Waals surface area contributed by atoms with Crippen molar-refractivity contribution in [1.29, 1.82) is 0 Å². The summed E-state index contributed by atoms with van der Waals surface area (Å²) in [7, 11) is 2.17. The topological polar surface area (TPSA) is 35.9 Å². The van der Waals surface area contributed by atoms with Crippen LogP contribution in [0.5, 0.6) is 0 Å². The summed E-state index contributed by atoms with van der Waals surface area (Å²) in [6, 6.07) is 8.69. The Kier molecular flexibility index (Phi) is 5.34. The molecule has 122 valence electrons. The third-order valence-corrected chi connectivity index (χ3v) is 4.95. The number of hydrogen-bond donors (Lipinski definition) is 1. The van der Waals surface area contributed by atoms with Crippen molar-refractivity contribution in [2.75, 3.05) is 44.8 Å². The van der Waals surface area contributed by atoms with E-state index in [1.165, 1.54) is 17.7 Å². The number of nitrogens with zero attached hydrogens (tertiary/aromatic N) is 2. The first-order valence-electron chi connectivity index (χ1n) is 8.51. The van der Waals surface area contributed by atoms with E-state index < -0.39 is 0 Å². The van der Waals surface area contributed by atoms with Crippen molar-refractivity contribution in [1.82, 2.24) is 4.90 Å². The van der Waals surface area contributed by atoms with E-state index in [1.54, 1.807) is 0 Å². The van der Waals surface area contributed by atoms with Crippen LogP contribution in [-0.4, -0.2) is 56.0 Å². The van der Waals surface area contributed by atoms with Crippen molar-refractivity contribution in [3.05, 3.63) is 29.8 Å². The smallest absolute Gasteiger partial charge is 0.0642 e. The molecular weight excluding hydrogens is 276 g/mol. The fourth-order valence-corrected chi connectivity index (χ4v) is 3.74. The van der Waals surface area contributed by atoms with Crippen LogP contribution < -0.4 is 4.90 Å². The van der Waals surface area contributed by atoms with Crippen LogP contribution in [0.1, 0.15) is 24.8 Å². The summed E-state index contributed by atoms with van der Waals surface area (Å²) in [6.45, 7) is 5.51. The Morgan fingerprint density at radius 2 is 2.00 bits per heavy atom. The van der Waals surface area contributed by atoms with Gasteiger partial charge in [0, 0.05) is 31.9 Å². The van der Waals surface area contributed by atoms with Gasteiger partial charge in [0.15, 0.2) is 0 Å². The Balaban J connectivity index is 1.63. The quantitative estimate of drug-likeness (QED) is 0.904. The van der Waals surface area contributed by atoms with Gasteiger partial charge < -0.3 is 19.6 Å². The van der Waals surface area contributed by atoms with Gasteiger partial charge in [-0.15, -0.1) is 0 Å². The number of benzene rings is 1. The zero-order valence-electron chi connectivity index (χ0n) is 13.6. The lowest BCUT2D eigenvalue weighted by molar-refractivity contribution is 0.107. The maximum absolute atomic E-state index is 10.0. The minimum Gasteiger partial charge on any atom is -0.393 e. The minimum absolute atomic E-state index is 0.100. The minimum atomic E-state index is -0.100. The molecular formula is C18H28N2O2. The van der Waals surface area contributed by atoms with Crippen molar-refractivity contribution >= 4 is 5.69 Å². The number of ether oxygens (including phenoxy) is 1. The Hall–Kier alpha value is -1.10. The highest BCUT2D eigenvalue weighted by Crippen LogP contribution is 2.27. The maximum atomic E-state index is 10.0. The maximum Gasteiger partial charge on any atom is 0.0642 e. The molecule has 1 saturated heterocycles. The summed E-state index contributed by atoms with van der Waals surface area (Å²) >= 11 is 0. The van der Waals surface area contributed by atoms with Crippen molar-refractivity contribution in [3.63, 3.8) is 0 Å². The molecule has 2 unspecified atom stereocenters. The molecule has 2 aliphatic rings. The van der Waals surface area contributed by atoms with Gasteiger partial charge in [-0.05, 0) is 37.4 Å². The fraction of sp³-hybridized carbons (Fsp3) is 0.667. The summed E-state index contributed by atoms with van der Waals surface area (Å²) < 4.78 is 5.46. The van der Waals surface area contributed by atoms with Crippen LogP contribution in [-0.2, 0) is 11.3 Å². The van der Waals surface area contributed by atoms with Crippen molar-refractivity contribution in [2.24, 2.45) is 5.92 Å². The molecule has 1 heterocycles. The van der Waals surface area contributed by atoms with Crippen LogP contribution in [0.25, 0.3) is 0 Å². The first kappa shape index (κ1) is 15.8. The molecule has 1 N–H and O–H groups in total. The van der Waals surface area contributed by atoms with Crippen LogP contribution in [0.3, 0.4) is 0 Å². The molecule has 1 aliphatic carbocycles. The van der Waals surface area contributed by atoms with Gasteiger partial charge in [0.1, 0.15) is 0 Å². The highest BCUT2D eigenvalue weighted by atomic mass is 16.5. The average molecular weight is 304 g/mol. The predicted molar refractivity (Wildman–Crippen MR) is 89.2 cm³/mol. The first-order valence-corrected chi connectivity index (χ1v) is 8.51. The van der Waals surface area contributed by atoms with Gasteiger partial charge in [0.2, 0.25) is 0 Å². The zero-order valence-corrected chi connectivity index (χ0v) is 13.6. The van der Waals surface area contributed by atoms with E-state index in [-0.39, 0.29) is 6.10 Å². The van der Waals surface area contributed by atoms with E-state index >= 15 is 0 Å². The number of aliphatic hydroxyl groups is 1. The van der Waals surface area contributed by atoms with Gasteiger partial charge >= 0.3 is 0 Å². The Morgan fingerprint density at radius 1 is 1.23 bits per heavy atom. The molecule has 0 spiro atoms. The van der Waals surface area contributed by atoms with Crippen molar-refractivity contribution in [3.8, 4) is 0 Å². The third-order valence-electron chi connectivity index (χ3n) is 4.95. The van der Waals surface area contributed by atoms with Crippen LogP contribution in [0, 0.1) is 5.92 Å². The summed E-state index contributed by atoms with van der Waals surface area (Å²) in [4.78, 5) is 4.79. The van der Waals surface area contributed by atoms with E-state index in [0.29, 0.717) is 5.92 Å². The van der Waals surface area contributed by atoms with Gasteiger partial charge in [0.05, 0.1) is 19.3 Å². The summed E-state index contributed by atoms with van der Waals surface area (Å²) in [6.07, 6.45) is 3.21. The molecule has 2 fully saturated rings. The number of hydrogen-bond acceptors (Lipinski definition) is 4. The second-order valence-corrected chi connectivity index (χ2v) is 6.68. The number of rotatable bonds is 5. The molecule has 1 aromatic rings. The molecule has 2 atom stereocenters. The first-order chi connectivity index (χ1) is 10.7. The lowest BCUT2D eigenvalue weighted by Crippen LogP contribution is -2.37. The number of anilines is 1.